The Kier molecular flexibility index (Phi) is 10.8. The van der Waals surface area contributed by atoms with Gasteiger partial charge in [-0.3, -0.25) is 13.8 Å². The van der Waals surface area contributed by atoms with E-state index in [0.29, 0.717) is 22.5 Å². The van der Waals surface area contributed by atoms with Crippen molar-refractivity contribution in [2.24, 2.45) is 7.05 Å². The van der Waals surface area contributed by atoms with Crippen LogP contribution in [-0.2, 0) is 30.8 Å². The smallest absolute Gasteiger partial charge is 0.408 e. The second-order valence-corrected chi connectivity index (χ2v) is 14.7. The lowest BCUT2D eigenvalue weighted by atomic mass is 10.1. The third-order valence-corrected chi connectivity index (χ3v) is 7.35. The summed E-state index contributed by atoms with van der Waals surface area (Å²) in [5.41, 5.74) is 3.75. The fourth-order valence-corrected chi connectivity index (χ4v) is 5.46. The highest BCUT2D eigenvalue weighted by Gasteiger charge is 2.27. The largest absolute Gasteiger partial charge is 0.497 e. The van der Waals surface area contributed by atoms with E-state index < -0.39 is 33.5 Å². The summed E-state index contributed by atoms with van der Waals surface area (Å²) in [5.74, 6) is 0.635. The fraction of sp³-hybridized carbons (Fsp3) is 0.455. The van der Waals surface area contributed by atoms with Crippen LogP contribution in [0, 0.1) is 6.92 Å². The summed E-state index contributed by atoms with van der Waals surface area (Å²) >= 11 is 0. The summed E-state index contributed by atoms with van der Waals surface area (Å²) < 4.78 is 49.0. The van der Waals surface area contributed by atoms with Gasteiger partial charge in [-0.15, -0.1) is 0 Å². The molecule has 254 valence electrons. The van der Waals surface area contributed by atoms with E-state index in [0.717, 1.165) is 28.8 Å². The Morgan fingerprint density at radius 3 is 2.43 bits per heavy atom. The number of anilines is 2. The Hall–Kier alpha value is -4.27. The maximum Gasteiger partial charge on any atom is 0.408 e. The second-order valence-electron chi connectivity index (χ2n) is 13.1. The Morgan fingerprint density at radius 2 is 1.79 bits per heavy atom. The molecule has 0 aliphatic heterocycles. The first-order chi connectivity index (χ1) is 21.9. The first-order valence-electron chi connectivity index (χ1n) is 15.1. The maximum absolute atomic E-state index is 12.4. The van der Waals surface area contributed by atoms with Gasteiger partial charge in [-0.05, 0) is 77.4 Å². The fourth-order valence-electron chi connectivity index (χ4n) is 4.85. The molecular weight excluding hydrogens is 624 g/mol. The van der Waals surface area contributed by atoms with Gasteiger partial charge in [0.05, 0.1) is 67.8 Å². The number of rotatable bonds is 13. The summed E-state index contributed by atoms with van der Waals surface area (Å²) in [4.78, 5) is 23.7. The molecule has 0 bridgehead atoms. The Labute approximate surface area is 276 Å². The zero-order chi connectivity index (χ0) is 34.6. The van der Waals surface area contributed by atoms with Gasteiger partial charge in [0.25, 0.3) is 10.1 Å². The number of amides is 1. The summed E-state index contributed by atoms with van der Waals surface area (Å²) in [6.07, 6.45) is 4.78. The van der Waals surface area contributed by atoms with Crippen molar-refractivity contribution in [2.45, 2.75) is 58.8 Å². The Bertz CT molecular complexity index is 1820. The average molecular weight is 669 g/mol. The number of nitrogens with one attached hydrogen (secondary N) is 1. The van der Waals surface area contributed by atoms with Gasteiger partial charge in [-0.1, -0.05) is 0 Å². The number of hydrogen-bond acceptors (Lipinski definition) is 11. The van der Waals surface area contributed by atoms with Crippen LogP contribution in [0.1, 0.15) is 40.2 Å². The van der Waals surface area contributed by atoms with E-state index in [-0.39, 0.29) is 19.8 Å². The lowest BCUT2D eigenvalue weighted by molar-refractivity contribution is 0.0176. The number of benzene rings is 2. The first-order valence-corrected chi connectivity index (χ1v) is 16.9. The van der Waals surface area contributed by atoms with Gasteiger partial charge in [0.15, 0.2) is 0 Å². The highest BCUT2D eigenvalue weighted by Crippen LogP contribution is 2.32. The van der Waals surface area contributed by atoms with Gasteiger partial charge in [0.2, 0.25) is 0 Å². The number of carbonyl (C=O) groups excluding carboxylic acids is 1. The molecule has 0 aliphatic rings. The molecule has 1 atom stereocenters. The molecule has 1 unspecified atom stereocenters. The summed E-state index contributed by atoms with van der Waals surface area (Å²) in [6.45, 7) is 10.9. The summed E-state index contributed by atoms with van der Waals surface area (Å²) in [6, 6.07) is 11.4. The number of ether oxygens (including phenoxy) is 3. The van der Waals surface area contributed by atoms with E-state index in [4.69, 9.17) is 23.4 Å². The first kappa shape index (κ1) is 35.6. The van der Waals surface area contributed by atoms with Gasteiger partial charge in [-0.2, -0.15) is 13.5 Å². The van der Waals surface area contributed by atoms with Gasteiger partial charge in [-0.25, -0.2) is 9.78 Å². The van der Waals surface area contributed by atoms with Crippen molar-refractivity contribution in [1.29, 1.82) is 0 Å². The van der Waals surface area contributed by atoms with Crippen molar-refractivity contribution >= 4 is 38.6 Å². The minimum absolute atomic E-state index is 0.0663. The number of aromatic nitrogens is 4. The molecule has 14 heteroatoms. The zero-order valence-electron chi connectivity index (χ0n) is 28.4. The molecule has 0 spiro atoms. The quantitative estimate of drug-likeness (QED) is 0.189. The number of methoxy groups -OCH3 is 1. The van der Waals surface area contributed by atoms with E-state index in [1.165, 1.54) is 0 Å². The van der Waals surface area contributed by atoms with Crippen molar-refractivity contribution in [3.8, 4) is 17.0 Å². The topological polar surface area (TPSA) is 147 Å². The molecule has 0 saturated carbocycles. The van der Waals surface area contributed by atoms with Gasteiger partial charge in [0.1, 0.15) is 17.5 Å². The zero-order valence-corrected chi connectivity index (χ0v) is 29.2. The van der Waals surface area contributed by atoms with Crippen LogP contribution in [-0.4, -0.2) is 84.6 Å². The SMILES string of the molecule is COc1cc(C)cc(N(CC(COCC(C)(C)NC(=O)OC(C)(C)C)OS(C)(=O)=O)c2ccc3ncc(-c4cnn(C)c4)nc3c2)c1. The van der Waals surface area contributed by atoms with Crippen LogP contribution in [0.4, 0.5) is 16.2 Å². The van der Waals surface area contributed by atoms with Gasteiger partial charge in [0, 0.05) is 36.2 Å². The van der Waals surface area contributed by atoms with Crippen LogP contribution in [0.2, 0.25) is 0 Å². The lowest BCUT2D eigenvalue weighted by Gasteiger charge is -2.31. The van der Waals surface area contributed by atoms with Crippen molar-refractivity contribution in [3.63, 3.8) is 0 Å². The number of aryl methyl sites for hydroxylation is 2. The van der Waals surface area contributed by atoms with Crippen LogP contribution in [0.5, 0.6) is 5.75 Å². The predicted octanol–water partition coefficient (Wildman–Crippen LogP) is 5.15. The van der Waals surface area contributed by atoms with E-state index in [9.17, 15) is 13.2 Å². The van der Waals surface area contributed by atoms with Gasteiger partial charge < -0.3 is 24.4 Å². The molecule has 0 aliphatic carbocycles. The summed E-state index contributed by atoms with van der Waals surface area (Å²) in [7, 11) is -0.457. The maximum atomic E-state index is 12.4. The van der Waals surface area contributed by atoms with Crippen molar-refractivity contribution in [2.75, 3.05) is 38.0 Å². The molecule has 0 radical (unpaired) electrons. The molecule has 0 fully saturated rings. The van der Waals surface area contributed by atoms with Crippen LogP contribution >= 0.6 is 0 Å². The second kappa shape index (κ2) is 14.2. The molecule has 1 amide bonds. The molecule has 4 aromatic rings. The number of alkyl carbamates (subject to hydrolysis) is 1. The lowest BCUT2D eigenvalue weighted by Crippen LogP contribution is -2.49. The molecule has 2 aromatic carbocycles. The van der Waals surface area contributed by atoms with E-state index in [1.807, 2.05) is 61.5 Å². The molecule has 2 heterocycles. The molecule has 1 N–H and O–H groups in total. The molecule has 47 heavy (non-hydrogen) atoms. The normalized spacial score (nSPS) is 13.0. The average Bonchev–Trinajstić information content (AvgIpc) is 3.38. The number of carbonyl (C=O) groups is 1. The Balaban J connectivity index is 1.66. The monoisotopic (exact) mass is 668 g/mol. The van der Waals surface area contributed by atoms with E-state index >= 15 is 0 Å². The van der Waals surface area contributed by atoms with Crippen molar-refractivity contribution < 1.29 is 31.6 Å². The highest BCUT2D eigenvalue weighted by atomic mass is 32.2. The highest BCUT2D eigenvalue weighted by molar-refractivity contribution is 7.86. The van der Waals surface area contributed by atoms with Crippen LogP contribution in [0.25, 0.3) is 22.3 Å². The number of fused-ring (bicyclic) bond motifs is 1. The molecular formula is C33H44N6O7S. The molecule has 4 rings (SSSR count). The number of hydrogen-bond donors (Lipinski definition) is 1. The number of nitrogens with zero attached hydrogens (tertiary/aromatic N) is 5. The molecule has 2 aromatic heterocycles. The third kappa shape index (κ3) is 10.6. The third-order valence-electron chi connectivity index (χ3n) is 6.72. The Morgan fingerprint density at radius 1 is 1.04 bits per heavy atom. The molecule has 13 nitrogen and oxygen atoms in total. The van der Waals surface area contributed by atoms with Crippen LogP contribution in [0.3, 0.4) is 0 Å². The van der Waals surface area contributed by atoms with Crippen molar-refractivity contribution in [1.82, 2.24) is 25.1 Å². The molecule has 0 saturated heterocycles. The van der Waals surface area contributed by atoms with Crippen molar-refractivity contribution in [3.05, 3.63) is 60.6 Å². The van der Waals surface area contributed by atoms with Crippen LogP contribution in [0.15, 0.2) is 55.0 Å². The van der Waals surface area contributed by atoms with E-state index in [2.05, 4.69) is 15.4 Å². The summed E-state index contributed by atoms with van der Waals surface area (Å²) in [5, 5.41) is 7.03. The standard InChI is InChI=1S/C33H44N6O7S/c1-22-12-25(14-26(13-22)43-8)39(24-10-11-28-29(15-24)36-30(17-34-28)23-16-35-38(7)18-23)19-27(46-47(9,41)42)20-44-21-33(5,6)37-31(40)45-32(2,3)4/h10-18,27H,19-21H2,1-9H3,(H,37,40). The van der Waals surface area contributed by atoms with Crippen LogP contribution < -0.4 is 15.0 Å². The predicted molar refractivity (Wildman–Crippen MR) is 180 cm³/mol. The van der Waals surface area contributed by atoms with Gasteiger partial charge >= 0.3 is 6.09 Å². The van der Waals surface area contributed by atoms with E-state index in [1.54, 1.807) is 58.8 Å². The minimum Gasteiger partial charge on any atom is -0.497 e. The minimum atomic E-state index is -3.88.